The van der Waals surface area contributed by atoms with Crippen LogP contribution in [0.25, 0.3) is 21.9 Å². The van der Waals surface area contributed by atoms with E-state index in [0.29, 0.717) is 10.6 Å². The Bertz CT molecular complexity index is 806. The number of nitrogens with zero attached hydrogens (tertiary/aromatic N) is 1. The zero-order chi connectivity index (χ0) is 14.1. The molecule has 3 rings (SSSR count). The first-order valence-corrected chi connectivity index (χ1v) is 6.68. The molecule has 0 N–H and O–H groups in total. The van der Waals surface area contributed by atoms with Crippen molar-refractivity contribution in [1.29, 1.82) is 0 Å². The smallest absolute Gasteiger partial charge is 0.161 e. The molecule has 98 valence electrons. The highest BCUT2D eigenvalue weighted by Gasteiger charge is 2.09. The minimum Gasteiger partial charge on any atom is -0.294 e. The number of pyridine rings is 1. The fraction of sp³-hybridized carbons (Fsp3) is 0.0588. The predicted molar refractivity (Wildman–Crippen MR) is 82.2 cm³/mol. The second kappa shape index (κ2) is 5.06. The number of halogens is 1. The highest BCUT2D eigenvalue weighted by atomic mass is 35.5. The van der Waals surface area contributed by atoms with Crippen LogP contribution in [-0.4, -0.2) is 10.8 Å². The summed E-state index contributed by atoms with van der Waals surface area (Å²) in [6, 6.07) is 13.6. The van der Waals surface area contributed by atoms with Crippen LogP contribution >= 0.6 is 11.6 Å². The molecule has 0 bridgehead atoms. The van der Waals surface area contributed by atoms with Crippen LogP contribution in [0.1, 0.15) is 17.3 Å². The van der Waals surface area contributed by atoms with Crippen LogP contribution < -0.4 is 0 Å². The van der Waals surface area contributed by atoms with Crippen molar-refractivity contribution in [3.05, 3.63) is 65.4 Å². The zero-order valence-corrected chi connectivity index (χ0v) is 11.7. The Hall–Kier alpha value is -2.19. The maximum absolute atomic E-state index is 11.4. The Morgan fingerprint density at radius 3 is 2.75 bits per heavy atom. The minimum atomic E-state index is -0.0244. The quantitative estimate of drug-likeness (QED) is 0.634. The third-order valence-electron chi connectivity index (χ3n) is 3.34. The number of Topliss-reactive ketones (excluding diaryl/α,β-unsaturated/α-hetero) is 1. The third kappa shape index (κ3) is 2.19. The van der Waals surface area contributed by atoms with E-state index in [9.17, 15) is 4.79 Å². The summed E-state index contributed by atoms with van der Waals surface area (Å²) in [5.41, 5.74) is 2.64. The molecule has 1 aromatic heterocycles. The maximum atomic E-state index is 11.4. The molecule has 0 radical (unpaired) electrons. The Labute approximate surface area is 122 Å². The van der Waals surface area contributed by atoms with Crippen molar-refractivity contribution in [2.75, 3.05) is 0 Å². The second-order valence-corrected chi connectivity index (χ2v) is 5.06. The fourth-order valence-corrected chi connectivity index (χ4v) is 2.66. The summed E-state index contributed by atoms with van der Waals surface area (Å²) in [5, 5.41) is 2.69. The van der Waals surface area contributed by atoms with E-state index in [4.69, 9.17) is 11.6 Å². The number of hydrogen-bond acceptors (Lipinski definition) is 2. The molecular weight excluding hydrogens is 270 g/mol. The third-order valence-corrected chi connectivity index (χ3v) is 3.65. The van der Waals surface area contributed by atoms with Gasteiger partial charge in [-0.05, 0) is 41.6 Å². The lowest BCUT2D eigenvalue weighted by atomic mass is 9.98. The van der Waals surface area contributed by atoms with E-state index >= 15 is 0 Å². The molecule has 0 saturated heterocycles. The molecule has 0 spiro atoms. The minimum absolute atomic E-state index is 0.0244. The SMILES string of the molecule is CC(=O)c1ccc(-c2cccc3cnccc23)cc1Cl. The molecule has 2 nitrogen and oxygen atoms in total. The molecule has 20 heavy (non-hydrogen) atoms. The summed E-state index contributed by atoms with van der Waals surface area (Å²) in [5.74, 6) is -0.0244. The van der Waals surface area contributed by atoms with Crippen molar-refractivity contribution in [2.45, 2.75) is 6.92 Å². The molecule has 0 fully saturated rings. The van der Waals surface area contributed by atoms with Crippen LogP contribution in [-0.2, 0) is 0 Å². The van der Waals surface area contributed by atoms with Gasteiger partial charge in [0.1, 0.15) is 0 Å². The average Bonchev–Trinajstić information content (AvgIpc) is 2.46. The summed E-state index contributed by atoms with van der Waals surface area (Å²) in [6.07, 6.45) is 3.61. The number of aromatic nitrogens is 1. The van der Waals surface area contributed by atoms with Crippen LogP contribution in [0.5, 0.6) is 0 Å². The van der Waals surface area contributed by atoms with Gasteiger partial charge in [-0.2, -0.15) is 0 Å². The predicted octanol–water partition coefficient (Wildman–Crippen LogP) is 4.76. The summed E-state index contributed by atoms with van der Waals surface area (Å²) in [4.78, 5) is 15.6. The van der Waals surface area contributed by atoms with Crippen molar-refractivity contribution in [3.63, 3.8) is 0 Å². The molecule has 0 atom stereocenters. The topological polar surface area (TPSA) is 30.0 Å². The Kier molecular flexibility index (Phi) is 3.25. The highest BCUT2D eigenvalue weighted by molar-refractivity contribution is 6.34. The van der Waals surface area contributed by atoms with Gasteiger partial charge in [-0.15, -0.1) is 0 Å². The first kappa shape index (κ1) is 12.8. The maximum Gasteiger partial charge on any atom is 0.161 e. The highest BCUT2D eigenvalue weighted by Crippen LogP contribution is 2.31. The van der Waals surface area contributed by atoms with Crippen LogP contribution in [0, 0.1) is 0 Å². The average molecular weight is 282 g/mol. The van der Waals surface area contributed by atoms with Gasteiger partial charge < -0.3 is 0 Å². The van der Waals surface area contributed by atoms with Crippen LogP contribution in [0.15, 0.2) is 54.9 Å². The van der Waals surface area contributed by atoms with Crippen molar-refractivity contribution in [2.24, 2.45) is 0 Å². The summed E-state index contributed by atoms with van der Waals surface area (Å²) >= 11 is 6.19. The molecule has 2 aromatic carbocycles. The van der Waals surface area contributed by atoms with Crippen molar-refractivity contribution < 1.29 is 4.79 Å². The normalized spacial score (nSPS) is 10.7. The summed E-state index contributed by atoms with van der Waals surface area (Å²) in [6.45, 7) is 1.52. The van der Waals surface area contributed by atoms with Gasteiger partial charge in [0.15, 0.2) is 5.78 Å². The second-order valence-electron chi connectivity index (χ2n) is 4.65. The molecule has 0 amide bonds. The van der Waals surface area contributed by atoms with Crippen molar-refractivity contribution >= 4 is 28.2 Å². The lowest BCUT2D eigenvalue weighted by Crippen LogP contribution is -1.93. The molecule has 0 aliphatic carbocycles. The van der Waals surface area contributed by atoms with E-state index in [1.165, 1.54) is 6.92 Å². The van der Waals surface area contributed by atoms with Gasteiger partial charge >= 0.3 is 0 Å². The molecule has 1 heterocycles. The Morgan fingerprint density at radius 2 is 2.00 bits per heavy atom. The van der Waals surface area contributed by atoms with Crippen LogP contribution in [0.3, 0.4) is 0 Å². The largest absolute Gasteiger partial charge is 0.294 e. The Morgan fingerprint density at radius 1 is 1.15 bits per heavy atom. The van der Waals surface area contributed by atoms with E-state index in [-0.39, 0.29) is 5.78 Å². The van der Waals surface area contributed by atoms with E-state index in [0.717, 1.165) is 21.9 Å². The first-order valence-electron chi connectivity index (χ1n) is 6.30. The van der Waals surface area contributed by atoms with Gasteiger partial charge in [-0.25, -0.2) is 0 Å². The van der Waals surface area contributed by atoms with Gasteiger partial charge in [0.2, 0.25) is 0 Å². The first-order chi connectivity index (χ1) is 9.66. The Balaban J connectivity index is 2.21. The van der Waals surface area contributed by atoms with Gasteiger partial charge in [0.05, 0.1) is 5.02 Å². The molecular formula is C17H12ClNO. The van der Waals surface area contributed by atoms with Gasteiger partial charge in [-0.1, -0.05) is 35.9 Å². The molecule has 0 aliphatic rings. The number of fused-ring (bicyclic) bond motifs is 1. The van der Waals surface area contributed by atoms with Gasteiger partial charge in [0.25, 0.3) is 0 Å². The van der Waals surface area contributed by atoms with Crippen molar-refractivity contribution in [1.82, 2.24) is 4.98 Å². The fourth-order valence-electron chi connectivity index (χ4n) is 2.34. The van der Waals surface area contributed by atoms with E-state index < -0.39 is 0 Å². The van der Waals surface area contributed by atoms with Crippen LogP contribution in [0.2, 0.25) is 5.02 Å². The number of ketones is 1. The molecule has 3 aromatic rings. The molecule has 0 aliphatic heterocycles. The lowest BCUT2D eigenvalue weighted by molar-refractivity contribution is 0.101. The number of hydrogen-bond donors (Lipinski definition) is 0. The number of carbonyl (C=O) groups is 1. The lowest BCUT2D eigenvalue weighted by Gasteiger charge is -2.08. The van der Waals surface area contributed by atoms with Gasteiger partial charge in [0, 0.05) is 23.3 Å². The summed E-state index contributed by atoms with van der Waals surface area (Å²) in [7, 11) is 0. The van der Waals surface area contributed by atoms with Crippen LogP contribution in [0.4, 0.5) is 0 Å². The van der Waals surface area contributed by atoms with Gasteiger partial charge in [-0.3, -0.25) is 9.78 Å². The molecule has 3 heteroatoms. The van der Waals surface area contributed by atoms with Crippen molar-refractivity contribution in [3.8, 4) is 11.1 Å². The zero-order valence-electron chi connectivity index (χ0n) is 10.9. The van der Waals surface area contributed by atoms with E-state index in [2.05, 4.69) is 4.98 Å². The monoisotopic (exact) mass is 281 g/mol. The summed E-state index contributed by atoms with van der Waals surface area (Å²) < 4.78 is 0. The number of carbonyl (C=O) groups excluding carboxylic acids is 1. The van der Waals surface area contributed by atoms with E-state index in [1.807, 2.05) is 42.6 Å². The molecule has 0 saturated carbocycles. The number of rotatable bonds is 2. The van der Waals surface area contributed by atoms with E-state index in [1.54, 1.807) is 12.3 Å². The standard InChI is InChI=1S/C17H12ClNO/c1-11(20)14-6-5-12(9-17(14)18)15-4-2-3-13-10-19-8-7-16(13)15/h2-10H,1H3. The molecule has 0 unspecified atom stereocenters. The number of benzene rings is 2.